The van der Waals surface area contributed by atoms with Gasteiger partial charge in [-0.3, -0.25) is 14.3 Å². The highest BCUT2D eigenvalue weighted by Crippen LogP contribution is 2.33. The van der Waals surface area contributed by atoms with Gasteiger partial charge in [0.15, 0.2) is 0 Å². The van der Waals surface area contributed by atoms with Crippen molar-refractivity contribution >= 4 is 50.2 Å². The highest BCUT2D eigenvalue weighted by molar-refractivity contribution is 7.92. The number of sulfonamides is 1. The molecule has 0 fully saturated rings. The maximum absolute atomic E-state index is 13.0. The molecule has 160 valence electrons. The Balaban J connectivity index is 1.60. The Bertz CT molecular complexity index is 1270. The Morgan fingerprint density at radius 3 is 2.52 bits per heavy atom. The lowest BCUT2D eigenvalue weighted by Crippen LogP contribution is -2.28. The Labute approximate surface area is 184 Å². The second kappa shape index (κ2) is 8.16. The number of thiophene rings is 1. The van der Waals surface area contributed by atoms with Crippen LogP contribution >= 0.6 is 11.3 Å². The van der Waals surface area contributed by atoms with Crippen molar-refractivity contribution in [1.29, 1.82) is 0 Å². The molecule has 2 amide bonds. The molecule has 0 saturated heterocycles. The minimum absolute atomic E-state index is 0.0850. The number of hydrogen-bond donors (Lipinski definition) is 2. The largest absolute Gasteiger partial charge is 0.326 e. The number of rotatable bonds is 5. The zero-order chi connectivity index (χ0) is 22.2. The first-order chi connectivity index (χ1) is 14.7. The van der Waals surface area contributed by atoms with Gasteiger partial charge in [-0.15, -0.1) is 11.3 Å². The highest BCUT2D eigenvalue weighted by Gasteiger charge is 2.27. The third-order valence-electron chi connectivity index (χ3n) is 4.99. The molecule has 2 aromatic carbocycles. The summed E-state index contributed by atoms with van der Waals surface area (Å²) >= 11 is 1.38. The smallest absolute Gasteiger partial charge is 0.268 e. The van der Waals surface area contributed by atoms with Gasteiger partial charge in [0.25, 0.3) is 15.9 Å². The van der Waals surface area contributed by atoms with Gasteiger partial charge in [0.05, 0.1) is 15.5 Å². The van der Waals surface area contributed by atoms with Gasteiger partial charge in [0.2, 0.25) is 5.91 Å². The van der Waals surface area contributed by atoms with Gasteiger partial charge < -0.3 is 10.2 Å². The molecule has 2 N–H and O–H groups in total. The second-order valence-electron chi connectivity index (χ2n) is 7.29. The summed E-state index contributed by atoms with van der Waals surface area (Å²) in [4.78, 5) is 26.5. The molecule has 7 nitrogen and oxygen atoms in total. The number of carbonyl (C=O) groups is 2. The van der Waals surface area contributed by atoms with Crippen molar-refractivity contribution in [3.8, 4) is 0 Å². The van der Waals surface area contributed by atoms with Crippen molar-refractivity contribution in [1.82, 2.24) is 0 Å². The van der Waals surface area contributed by atoms with Crippen molar-refractivity contribution in [2.75, 3.05) is 21.5 Å². The molecule has 2 heterocycles. The molecule has 0 bridgehead atoms. The summed E-state index contributed by atoms with van der Waals surface area (Å²) in [5, 5.41) is 4.49. The Kier molecular flexibility index (Phi) is 5.55. The minimum atomic E-state index is -3.85. The first-order valence-corrected chi connectivity index (χ1v) is 12.0. The number of nitrogens with one attached hydrogen (secondary N) is 2. The maximum atomic E-state index is 13.0. The van der Waals surface area contributed by atoms with Crippen LogP contribution in [0.15, 0.2) is 58.8 Å². The van der Waals surface area contributed by atoms with Crippen LogP contribution in [0.2, 0.25) is 0 Å². The van der Waals surface area contributed by atoms with Crippen molar-refractivity contribution in [2.45, 2.75) is 25.2 Å². The van der Waals surface area contributed by atoms with E-state index in [-0.39, 0.29) is 16.7 Å². The summed E-state index contributed by atoms with van der Waals surface area (Å²) in [7, 11) is -3.85. The van der Waals surface area contributed by atoms with Gasteiger partial charge >= 0.3 is 0 Å². The monoisotopic (exact) mass is 455 g/mol. The molecule has 9 heteroatoms. The molecule has 0 atom stereocenters. The van der Waals surface area contributed by atoms with Crippen LogP contribution in [0.1, 0.15) is 27.7 Å². The van der Waals surface area contributed by atoms with Crippen LogP contribution in [-0.2, 0) is 21.2 Å². The summed E-state index contributed by atoms with van der Waals surface area (Å²) in [5.74, 6) is -0.314. The van der Waals surface area contributed by atoms with E-state index in [0.29, 0.717) is 28.4 Å². The number of anilines is 3. The van der Waals surface area contributed by atoms with E-state index in [9.17, 15) is 18.0 Å². The van der Waals surface area contributed by atoms with Crippen molar-refractivity contribution in [2.24, 2.45) is 0 Å². The Morgan fingerprint density at radius 1 is 1.06 bits per heavy atom. The lowest BCUT2D eigenvalue weighted by atomic mass is 10.1. The Morgan fingerprint density at radius 2 is 1.84 bits per heavy atom. The number of nitrogens with zero attached hydrogens (tertiary/aromatic N) is 1. The van der Waals surface area contributed by atoms with Gasteiger partial charge in [-0.25, -0.2) is 8.42 Å². The van der Waals surface area contributed by atoms with E-state index in [1.807, 2.05) is 17.5 Å². The summed E-state index contributed by atoms with van der Waals surface area (Å²) in [6, 6.07) is 13.5. The number of hydrogen-bond acceptors (Lipinski definition) is 5. The van der Waals surface area contributed by atoms with Crippen LogP contribution in [0.3, 0.4) is 0 Å². The summed E-state index contributed by atoms with van der Waals surface area (Å²) in [5.41, 5.74) is 3.15. The Hall–Kier alpha value is -3.17. The predicted molar refractivity (Wildman–Crippen MR) is 122 cm³/mol. The van der Waals surface area contributed by atoms with E-state index >= 15 is 0 Å². The van der Waals surface area contributed by atoms with Gasteiger partial charge in [-0.2, -0.15) is 0 Å². The average Bonchev–Trinajstić information content (AvgIpc) is 3.36. The molecule has 0 spiro atoms. The zero-order valence-corrected chi connectivity index (χ0v) is 18.6. The van der Waals surface area contributed by atoms with Crippen LogP contribution in [0.4, 0.5) is 17.1 Å². The number of benzene rings is 2. The van der Waals surface area contributed by atoms with Crippen LogP contribution in [0, 0.1) is 6.92 Å². The molecule has 31 heavy (non-hydrogen) atoms. The van der Waals surface area contributed by atoms with Crippen LogP contribution < -0.4 is 14.9 Å². The van der Waals surface area contributed by atoms with E-state index in [2.05, 4.69) is 10.0 Å². The van der Waals surface area contributed by atoms with Crippen LogP contribution in [0.25, 0.3) is 0 Å². The van der Waals surface area contributed by atoms with Crippen molar-refractivity contribution in [3.63, 3.8) is 0 Å². The standard InChI is InChI=1S/C22H21N3O4S2/c1-14-12-17(23-15(2)26)7-8-21(14)31(28,29)24-18-6-5-16-9-10-25(19(16)13-18)22(27)20-4-3-11-30-20/h3-8,11-13,24H,9-10H2,1-2H3,(H,23,26). The molecule has 1 aliphatic rings. The molecule has 0 unspecified atom stereocenters. The third kappa shape index (κ3) is 4.33. The molecule has 4 rings (SSSR count). The van der Waals surface area contributed by atoms with Crippen LogP contribution in [-0.4, -0.2) is 26.8 Å². The summed E-state index contributed by atoms with van der Waals surface area (Å²) < 4.78 is 28.6. The number of fused-ring (bicyclic) bond motifs is 1. The number of carbonyl (C=O) groups excluding carboxylic acids is 2. The normalized spacial score (nSPS) is 13.0. The fourth-order valence-electron chi connectivity index (χ4n) is 3.63. The molecule has 1 aromatic heterocycles. The topological polar surface area (TPSA) is 95.6 Å². The molecular weight excluding hydrogens is 434 g/mol. The molecular formula is C22H21N3O4S2. The molecule has 1 aliphatic heterocycles. The average molecular weight is 456 g/mol. The molecule has 0 saturated carbocycles. The fraction of sp³-hybridized carbons (Fsp3) is 0.182. The van der Waals surface area contributed by atoms with E-state index in [4.69, 9.17) is 0 Å². The first kappa shape index (κ1) is 21.1. The van der Waals surface area contributed by atoms with Gasteiger partial charge in [0, 0.05) is 24.8 Å². The van der Waals surface area contributed by atoms with Crippen molar-refractivity contribution < 1.29 is 18.0 Å². The van der Waals surface area contributed by atoms with Gasteiger partial charge in [-0.05, 0) is 66.2 Å². The van der Waals surface area contributed by atoms with E-state index in [0.717, 1.165) is 17.7 Å². The SMILES string of the molecule is CC(=O)Nc1ccc(S(=O)(=O)Nc2ccc3c(c2)N(C(=O)c2cccs2)CC3)c(C)c1. The quantitative estimate of drug-likeness (QED) is 0.607. The minimum Gasteiger partial charge on any atom is -0.326 e. The molecule has 3 aromatic rings. The lowest BCUT2D eigenvalue weighted by molar-refractivity contribution is -0.114. The predicted octanol–water partition coefficient (Wildman–Crippen LogP) is 4.02. The lowest BCUT2D eigenvalue weighted by Gasteiger charge is -2.18. The van der Waals surface area contributed by atoms with E-state index in [1.165, 1.54) is 24.3 Å². The van der Waals surface area contributed by atoms with Gasteiger partial charge in [0.1, 0.15) is 0 Å². The second-order valence-corrected chi connectivity index (χ2v) is 9.89. The summed E-state index contributed by atoms with van der Waals surface area (Å²) in [6.07, 6.45) is 0.725. The third-order valence-corrected chi connectivity index (χ3v) is 7.39. The molecule has 0 radical (unpaired) electrons. The van der Waals surface area contributed by atoms with Crippen LogP contribution in [0.5, 0.6) is 0 Å². The van der Waals surface area contributed by atoms with Crippen molar-refractivity contribution in [3.05, 3.63) is 69.9 Å². The maximum Gasteiger partial charge on any atom is 0.268 e. The molecule has 0 aliphatic carbocycles. The zero-order valence-electron chi connectivity index (χ0n) is 17.0. The van der Waals surface area contributed by atoms with E-state index < -0.39 is 10.0 Å². The van der Waals surface area contributed by atoms with Gasteiger partial charge in [-0.1, -0.05) is 12.1 Å². The van der Waals surface area contributed by atoms with E-state index in [1.54, 1.807) is 42.2 Å². The number of aryl methyl sites for hydroxylation is 1. The first-order valence-electron chi connectivity index (χ1n) is 9.64. The summed E-state index contributed by atoms with van der Waals surface area (Å²) in [6.45, 7) is 3.62. The highest BCUT2D eigenvalue weighted by atomic mass is 32.2. The fourth-order valence-corrected chi connectivity index (χ4v) is 5.58. The number of amides is 2.